The molecule has 7 aromatic rings. The topological polar surface area (TPSA) is 44.9 Å². The van der Waals surface area contributed by atoms with E-state index < -0.39 is 0 Å². The van der Waals surface area contributed by atoms with Crippen LogP contribution in [0.25, 0.3) is 44.4 Å². The normalized spacial score (nSPS) is 11.2. The van der Waals surface area contributed by atoms with Gasteiger partial charge in [-0.05, 0) is 90.7 Å². The predicted molar refractivity (Wildman–Crippen MR) is 171 cm³/mol. The van der Waals surface area contributed by atoms with E-state index in [0.29, 0.717) is 11.5 Å². The van der Waals surface area contributed by atoms with Crippen molar-refractivity contribution in [3.8, 4) is 34.1 Å². The van der Waals surface area contributed by atoms with E-state index in [-0.39, 0.29) is 21.1 Å². The van der Waals surface area contributed by atoms with E-state index >= 15 is 0 Å². The van der Waals surface area contributed by atoms with E-state index in [0.717, 1.165) is 44.4 Å². The standard InChI is InChI=1S/C36H28N4OS.Pt/c1-23-14-15-37-35(16-23)40-33-11-6-5-10-31(33)32-13-12-29(20-34(32)40)41-28-9-7-8-27(19-28)39-22-26(21-38-39)36-24(2)17-30(42-4)18-25(36)3;/h5-18,21-22H,1-4H3;/q-2;+2. The second-order valence-electron chi connectivity index (χ2n) is 10.4. The van der Waals surface area contributed by atoms with Gasteiger partial charge in [0.1, 0.15) is 5.82 Å². The average Bonchev–Trinajstić information content (AvgIpc) is 3.60. The van der Waals surface area contributed by atoms with Crippen molar-refractivity contribution in [2.45, 2.75) is 25.7 Å². The van der Waals surface area contributed by atoms with Gasteiger partial charge in [0, 0.05) is 39.9 Å². The third-order valence-electron chi connectivity index (χ3n) is 7.52. The molecular weight excluding hydrogens is 732 g/mol. The third-order valence-corrected chi connectivity index (χ3v) is 8.23. The zero-order valence-electron chi connectivity index (χ0n) is 24.2. The minimum absolute atomic E-state index is 0. The summed E-state index contributed by atoms with van der Waals surface area (Å²) in [5.74, 6) is 2.05. The van der Waals surface area contributed by atoms with Crippen LogP contribution in [0.2, 0.25) is 0 Å². The van der Waals surface area contributed by atoms with Gasteiger partial charge in [0.05, 0.1) is 6.20 Å². The molecule has 0 unspecified atom stereocenters. The quantitative estimate of drug-likeness (QED) is 0.126. The van der Waals surface area contributed by atoms with Gasteiger partial charge in [-0.15, -0.1) is 47.5 Å². The number of thioether (sulfide) groups is 1. The Balaban J connectivity index is 0.00000329. The first-order chi connectivity index (χ1) is 20.5. The Morgan fingerprint density at radius 2 is 1.60 bits per heavy atom. The number of aromatic nitrogens is 4. The van der Waals surface area contributed by atoms with Crippen molar-refractivity contribution in [3.05, 3.63) is 126 Å². The molecule has 0 aliphatic rings. The molecule has 0 fully saturated rings. The van der Waals surface area contributed by atoms with Crippen molar-refractivity contribution < 1.29 is 25.8 Å². The number of aryl methyl sites for hydroxylation is 3. The number of hydrogen-bond donors (Lipinski definition) is 0. The molecule has 0 aliphatic heterocycles. The summed E-state index contributed by atoms with van der Waals surface area (Å²) in [5.41, 5.74) is 8.71. The monoisotopic (exact) mass is 759 g/mol. The van der Waals surface area contributed by atoms with Crippen LogP contribution in [0.4, 0.5) is 0 Å². The second-order valence-corrected chi connectivity index (χ2v) is 11.3. The molecule has 214 valence electrons. The number of pyridine rings is 1. The van der Waals surface area contributed by atoms with Crippen LogP contribution in [0.15, 0.2) is 102 Å². The van der Waals surface area contributed by atoms with E-state index in [2.05, 4.69) is 102 Å². The van der Waals surface area contributed by atoms with Gasteiger partial charge in [-0.25, -0.2) is 4.98 Å². The minimum atomic E-state index is 0. The molecule has 7 heteroatoms. The van der Waals surface area contributed by atoms with Crippen LogP contribution in [0.3, 0.4) is 0 Å². The van der Waals surface area contributed by atoms with Gasteiger partial charge in [-0.1, -0.05) is 23.7 Å². The first-order valence-electron chi connectivity index (χ1n) is 13.8. The van der Waals surface area contributed by atoms with E-state index in [9.17, 15) is 0 Å². The van der Waals surface area contributed by atoms with Crippen LogP contribution < -0.4 is 4.74 Å². The van der Waals surface area contributed by atoms with Gasteiger partial charge in [0.25, 0.3) is 0 Å². The fourth-order valence-electron chi connectivity index (χ4n) is 5.64. The van der Waals surface area contributed by atoms with E-state index in [1.54, 1.807) is 11.8 Å². The Labute approximate surface area is 269 Å². The van der Waals surface area contributed by atoms with Crippen molar-refractivity contribution in [1.29, 1.82) is 0 Å². The second kappa shape index (κ2) is 11.9. The van der Waals surface area contributed by atoms with Crippen LogP contribution >= 0.6 is 11.8 Å². The molecule has 3 aromatic heterocycles. The number of fused-ring (bicyclic) bond motifs is 3. The Bertz CT molecular complexity index is 2090. The molecule has 0 bridgehead atoms. The Kier molecular flexibility index (Phi) is 8.00. The molecule has 5 nitrogen and oxygen atoms in total. The summed E-state index contributed by atoms with van der Waals surface area (Å²) in [5, 5.41) is 6.90. The Hall–Kier alpha value is -4.12. The van der Waals surface area contributed by atoms with Crippen molar-refractivity contribution in [1.82, 2.24) is 19.3 Å². The van der Waals surface area contributed by atoms with Crippen molar-refractivity contribution in [2.24, 2.45) is 0 Å². The van der Waals surface area contributed by atoms with Crippen LogP contribution in [0, 0.1) is 32.9 Å². The van der Waals surface area contributed by atoms with Crippen LogP contribution in [0.5, 0.6) is 11.5 Å². The number of ether oxygens (including phenoxy) is 1. The molecule has 0 amide bonds. The number of para-hydroxylation sites is 1. The van der Waals surface area contributed by atoms with Crippen molar-refractivity contribution >= 4 is 33.6 Å². The van der Waals surface area contributed by atoms with Gasteiger partial charge >= 0.3 is 21.1 Å². The summed E-state index contributed by atoms with van der Waals surface area (Å²) >= 11 is 1.76. The fraction of sp³-hybridized carbons (Fsp3) is 0.111. The molecule has 4 aromatic carbocycles. The molecule has 0 aliphatic carbocycles. The molecule has 43 heavy (non-hydrogen) atoms. The molecule has 0 N–H and O–H groups in total. The van der Waals surface area contributed by atoms with Crippen molar-refractivity contribution in [2.75, 3.05) is 6.26 Å². The molecule has 0 atom stereocenters. The molecule has 0 spiro atoms. The number of nitrogens with zero attached hydrogens (tertiary/aromatic N) is 4. The van der Waals surface area contributed by atoms with Crippen LogP contribution in [-0.2, 0) is 21.1 Å². The van der Waals surface area contributed by atoms with E-state index in [1.165, 1.54) is 21.6 Å². The van der Waals surface area contributed by atoms with Gasteiger partial charge < -0.3 is 9.30 Å². The maximum atomic E-state index is 6.33. The SMILES string of the molecule is CSc1cc(C)c(-c2cnn(-c3[c-]c(Oc4[c-]c5c(cc4)c4ccccc4n5-c4cc(C)ccn4)ccc3)c2)c(C)c1.[Pt+2]. The average molecular weight is 760 g/mol. The Morgan fingerprint density at radius 3 is 2.40 bits per heavy atom. The zero-order chi connectivity index (χ0) is 28.8. The van der Waals surface area contributed by atoms with Gasteiger partial charge in [-0.2, -0.15) is 17.2 Å². The largest absolute Gasteiger partial charge is 2.00 e. The van der Waals surface area contributed by atoms with Crippen molar-refractivity contribution in [3.63, 3.8) is 0 Å². The summed E-state index contributed by atoms with van der Waals surface area (Å²) in [6, 6.07) is 33.7. The molecule has 0 saturated heterocycles. The smallest absolute Gasteiger partial charge is 0.509 e. The summed E-state index contributed by atoms with van der Waals surface area (Å²) in [6.45, 7) is 6.38. The summed E-state index contributed by atoms with van der Waals surface area (Å²) in [6.07, 6.45) is 7.91. The van der Waals surface area contributed by atoms with E-state index in [4.69, 9.17) is 4.74 Å². The first kappa shape index (κ1) is 29.0. The molecule has 3 heterocycles. The first-order valence-corrected chi connectivity index (χ1v) is 15.0. The van der Waals surface area contributed by atoms with Gasteiger partial charge in [0.2, 0.25) is 0 Å². The molecular formula is C36H28N4OPtS. The predicted octanol–water partition coefficient (Wildman–Crippen LogP) is 9.07. The number of benzene rings is 4. The van der Waals surface area contributed by atoms with Crippen LogP contribution in [0.1, 0.15) is 16.7 Å². The summed E-state index contributed by atoms with van der Waals surface area (Å²) in [4.78, 5) is 5.94. The molecule has 0 saturated carbocycles. The van der Waals surface area contributed by atoms with Crippen LogP contribution in [-0.4, -0.2) is 25.6 Å². The maximum Gasteiger partial charge on any atom is 2.00 e. The van der Waals surface area contributed by atoms with E-state index in [1.807, 2.05) is 53.5 Å². The minimum Gasteiger partial charge on any atom is -0.509 e. The Morgan fingerprint density at radius 1 is 0.814 bits per heavy atom. The van der Waals surface area contributed by atoms with Gasteiger partial charge in [0.15, 0.2) is 0 Å². The number of hydrogen-bond acceptors (Lipinski definition) is 4. The number of rotatable bonds is 6. The molecule has 7 rings (SSSR count). The molecule has 0 radical (unpaired) electrons. The summed E-state index contributed by atoms with van der Waals surface area (Å²) < 4.78 is 10.3. The maximum absolute atomic E-state index is 6.33. The third kappa shape index (κ3) is 5.42. The summed E-state index contributed by atoms with van der Waals surface area (Å²) in [7, 11) is 0. The fourth-order valence-corrected chi connectivity index (χ4v) is 6.23. The zero-order valence-corrected chi connectivity index (χ0v) is 27.2. The van der Waals surface area contributed by atoms with Gasteiger partial charge in [-0.3, -0.25) is 4.68 Å².